The van der Waals surface area contributed by atoms with E-state index >= 15 is 0 Å². The molecule has 2 heterocycles. The van der Waals surface area contributed by atoms with Crippen molar-refractivity contribution in [3.8, 4) is 17.2 Å². The molecule has 2 aliphatic heterocycles. The van der Waals surface area contributed by atoms with E-state index in [4.69, 9.17) is 5.26 Å². The molecule has 0 saturated carbocycles. The lowest BCUT2D eigenvalue weighted by Crippen LogP contribution is -2.46. The number of rotatable bonds is 5. The van der Waals surface area contributed by atoms with Gasteiger partial charge in [0.2, 0.25) is 5.91 Å². The molecule has 4 rings (SSSR count). The van der Waals surface area contributed by atoms with Gasteiger partial charge in [0.15, 0.2) is 0 Å². The summed E-state index contributed by atoms with van der Waals surface area (Å²) in [5, 5.41) is 15.0. The van der Waals surface area contributed by atoms with E-state index in [1.165, 1.54) is 11.3 Å². The van der Waals surface area contributed by atoms with Crippen molar-refractivity contribution in [1.29, 1.82) is 5.26 Å². The molecule has 6 nitrogen and oxygen atoms in total. The van der Waals surface area contributed by atoms with Crippen molar-refractivity contribution < 1.29 is 4.79 Å². The minimum absolute atomic E-state index is 0.0535. The third-order valence-electron chi connectivity index (χ3n) is 5.75. The molecule has 0 spiro atoms. The van der Waals surface area contributed by atoms with Gasteiger partial charge in [0, 0.05) is 32.7 Å². The highest BCUT2D eigenvalue weighted by Crippen LogP contribution is 2.38. The Hall–Kier alpha value is -3.04. The predicted molar refractivity (Wildman–Crippen MR) is 116 cm³/mol. The molecule has 0 aromatic heterocycles. The van der Waals surface area contributed by atoms with Crippen LogP contribution in [0.3, 0.4) is 0 Å². The van der Waals surface area contributed by atoms with Crippen molar-refractivity contribution >= 4 is 17.3 Å². The fourth-order valence-electron chi connectivity index (χ4n) is 4.31. The molecule has 0 bridgehead atoms. The maximum absolute atomic E-state index is 12.7. The summed E-state index contributed by atoms with van der Waals surface area (Å²) in [6, 6.07) is 18.7. The molecule has 2 saturated heterocycles. The average molecular weight is 390 g/mol. The van der Waals surface area contributed by atoms with E-state index in [1.807, 2.05) is 24.3 Å². The van der Waals surface area contributed by atoms with Gasteiger partial charge in [-0.05, 0) is 36.1 Å². The second kappa shape index (κ2) is 8.97. The van der Waals surface area contributed by atoms with Gasteiger partial charge in [-0.15, -0.1) is 0 Å². The number of benzene rings is 2. The second-order valence-electron chi connectivity index (χ2n) is 7.53. The molecule has 0 radical (unpaired) electrons. The molecule has 2 fully saturated rings. The summed E-state index contributed by atoms with van der Waals surface area (Å²) < 4.78 is 0. The van der Waals surface area contributed by atoms with E-state index in [9.17, 15) is 4.79 Å². The number of hydrogen-bond acceptors (Lipinski definition) is 5. The molecule has 1 amide bonds. The molecule has 0 unspecified atom stereocenters. The van der Waals surface area contributed by atoms with Crippen molar-refractivity contribution in [3.63, 3.8) is 0 Å². The van der Waals surface area contributed by atoms with Crippen LogP contribution in [-0.2, 0) is 4.79 Å². The molecule has 2 N–H and O–H groups in total. The third kappa shape index (κ3) is 4.20. The lowest BCUT2D eigenvalue weighted by atomic mass is 10.0. The van der Waals surface area contributed by atoms with E-state index in [1.54, 1.807) is 0 Å². The lowest BCUT2D eigenvalue weighted by molar-refractivity contribution is -0.121. The Morgan fingerprint density at radius 1 is 1.07 bits per heavy atom. The summed E-state index contributed by atoms with van der Waals surface area (Å²) in [7, 11) is 0. The first-order chi connectivity index (χ1) is 14.3. The number of carbonyl (C=O) groups excluding carboxylic acids is 1. The van der Waals surface area contributed by atoms with Gasteiger partial charge in [-0.1, -0.05) is 36.4 Å². The van der Waals surface area contributed by atoms with Crippen molar-refractivity contribution in [1.82, 2.24) is 10.6 Å². The minimum Gasteiger partial charge on any atom is -0.367 e. The van der Waals surface area contributed by atoms with Crippen LogP contribution in [0.2, 0.25) is 0 Å². The van der Waals surface area contributed by atoms with Crippen LogP contribution in [-0.4, -0.2) is 51.2 Å². The van der Waals surface area contributed by atoms with Crippen molar-refractivity contribution in [2.24, 2.45) is 0 Å². The van der Waals surface area contributed by atoms with E-state index in [0.29, 0.717) is 0 Å². The van der Waals surface area contributed by atoms with Crippen molar-refractivity contribution in [2.45, 2.75) is 18.9 Å². The number of nitrogens with zero attached hydrogens (tertiary/aromatic N) is 3. The van der Waals surface area contributed by atoms with Crippen LogP contribution in [0.25, 0.3) is 11.1 Å². The monoisotopic (exact) mass is 389 g/mol. The Morgan fingerprint density at radius 3 is 2.62 bits per heavy atom. The Kier molecular flexibility index (Phi) is 5.97. The summed E-state index contributed by atoms with van der Waals surface area (Å²) in [6.45, 7) is 4.74. The van der Waals surface area contributed by atoms with Gasteiger partial charge in [0.25, 0.3) is 0 Å². The smallest absolute Gasteiger partial charge is 0.243 e. The number of anilines is 2. The quantitative estimate of drug-likeness (QED) is 0.769. The van der Waals surface area contributed by atoms with Gasteiger partial charge in [-0.25, -0.2) is 0 Å². The van der Waals surface area contributed by atoms with Crippen LogP contribution < -0.4 is 20.4 Å². The zero-order valence-corrected chi connectivity index (χ0v) is 16.6. The molecule has 150 valence electrons. The zero-order chi connectivity index (χ0) is 20.1. The Labute approximate surface area is 172 Å². The maximum Gasteiger partial charge on any atom is 0.243 e. The van der Waals surface area contributed by atoms with E-state index in [2.05, 4.69) is 50.8 Å². The summed E-state index contributed by atoms with van der Waals surface area (Å²) in [4.78, 5) is 17.3. The van der Waals surface area contributed by atoms with Crippen LogP contribution in [0.15, 0.2) is 48.5 Å². The highest BCUT2D eigenvalue weighted by Gasteiger charge is 2.33. The standard InChI is InChI=1S/C23H27N5O/c24-10-11-26-23(29)21-7-4-14-28(21)22-17-19(18-5-2-1-3-6-18)8-9-20(22)27-15-12-25-13-16-27/h1-3,5-6,8-9,17,21,25H,4,7,11-16H2,(H,26,29)/t21-/m1/s1. The van der Waals surface area contributed by atoms with Crippen LogP contribution in [0.1, 0.15) is 12.8 Å². The number of nitriles is 1. The highest BCUT2D eigenvalue weighted by atomic mass is 16.2. The molecule has 2 aromatic rings. The lowest BCUT2D eigenvalue weighted by Gasteiger charge is -2.35. The molecule has 2 aromatic carbocycles. The fourth-order valence-corrected chi connectivity index (χ4v) is 4.31. The fraction of sp³-hybridized carbons (Fsp3) is 0.391. The molecular weight excluding hydrogens is 362 g/mol. The normalized spacial score (nSPS) is 19.1. The van der Waals surface area contributed by atoms with Crippen molar-refractivity contribution in [2.75, 3.05) is 49.1 Å². The van der Waals surface area contributed by atoms with Crippen LogP contribution in [0.4, 0.5) is 11.4 Å². The van der Waals surface area contributed by atoms with Gasteiger partial charge in [0.1, 0.15) is 12.6 Å². The third-order valence-corrected chi connectivity index (χ3v) is 5.75. The minimum atomic E-state index is -0.226. The molecule has 2 aliphatic rings. The highest BCUT2D eigenvalue weighted by molar-refractivity contribution is 5.89. The number of nitrogens with one attached hydrogen (secondary N) is 2. The SMILES string of the molecule is N#CCNC(=O)[C@H]1CCCN1c1cc(-c2ccccc2)ccc1N1CCNCC1. The first kappa shape index (κ1) is 19.3. The molecule has 1 atom stereocenters. The van der Waals surface area contributed by atoms with Gasteiger partial charge < -0.3 is 20.4 Å². The second-order valence-corrected chi connectivity index (χ2v) is 7.53. The van der Waals surface area contributed by atoms with Gasteiger partial charge in [0.05, 0.1) is 17.4 Å². The first-order valence-electron chi connectivity index (χ1n) is 10.3. The van der Waals surface area contributed by atoms with Crippen molar-refractivity contribution in [3.05, 3.63) is 48.5 Å². The predicted octanol–water partition coefficient (Wildman–Crippen LogP) is 2.37. The first-order valence-corrected chi connectivity index (χ1v) is 10.3. The maximum atomic E-state index is 12.7. The molecular formula is C23H27N5O. The van der Waals surface area contributed by atoms with E-state index in [0.717, 1.165) is 56.8 Å². The van der Waals surface area contributed by atoms with Gasteiger partial charge in [-0.2, -0.15) is 5.26 Å². The number of hydrogen-bond donors (Lipinski definition) is 2. The number of piperazine rings is 1. The topological polar surface area (TPSA) is 71.4 Å². The van der Waals surface area contributed by atoms with E-state index in [-0.39, 0.29) is 18.5 Å². The van der Waals surface area contributed by atoms with Gasteiger partial charge >= 0.3 is 0 Å². The Balaban J connectivity index is 1.71. The van der Waals surface area contributed by atoms with Crippen LogP contribution in [0, 0.1) is 11.3 Å². The van der Waals surface area contributed by atoms with Crippen LogP contribution in [0.5, 0.6) is 0 Å². The van der Waals surface area contributed by atoms with E-state index < -0.39 is 0 Å². The summed E-state index contributed by atoms with van der Waals surface area (Å²) >= 11 is 0. The Bertz CT molecular complexity index is 886. The Morgan fingerprint density at radius 2 is 1.86 bits per heavy atom. The molecule has 0 aliphatic carbocycles. The summed E-state index contributed by atoms with van der Waals surface area (Å²) in [5.74, 6) is -0.0552. The number of carbonyl (C=O) groups is 1. The zero-order valence-electron chi connectivity index (χ0n) is 16.6. The molecule has 29 heavy (non-hydrogen) atoms. The average Bonchev–Trinajstić information content (AvgIpc) is 3.28. The largest absolute Gasteiger partial charge is 0.367 e. The number of amides is 1. The van der Waals surface area contributed by atoms with Gasteiger partial charge in [-0.3, -0.25) is 4.79 Å². The molecule has 6 heteroatoms. The summed E-state index contributed by atoms with van der Waals surface area (Å²) in [5.41, 5.74) is 4.63. The summed E-state index contributed by atoms with van der Waals surface area (Å²) in [6.07, 6.45) is 1.79. The van der Waals surface area contributed by atoms with Crippen LogP contribution >= 0.6 is 0 Å².